The third-order valence-corrected chi connectivity index (χ3v) is 2.84. The van der Waals surface area contributed by atoms with Gasteiger partial charge >= 0.3 is 0 Å². The van der Waals surface area contributed by atoms with E-state index in [4.69, 9.17) is 0 Å². The Morgan fingerprint density at radius 3 is 2.71 bits per heavy atom. The molecule has 1 aromatic rings. The summed E-state index contributed by atoms with van der Waals surface area (Å²) in [7, 11) is 1.64. The molecule has 0 saturated heterocycles. The van der Waals surface area contributed by atoms with Gasteiger partial charge < -0.3 is 5.32 Å². The van der Waals surface area contributed by atoms with Crippen LogP contribution in [0.1, 0.15) is 18.9 Å². The molecule has 0 aromatic heterocycles. The normalized spacial score (nSPS) is 13.0. The predicted octanol–water partition coefficient (Wildman–Crippen LogP) is 4.02. The van der Waals surface area contributed by atoms with E-state index in [9.17, 15) is 8.78 Å². The van der Waals surface area contributed by atoms with E-state index in [1.165, 1.54) is 6.07 Å². The molecule has 17 heavy (non-hydrogen) atoms. The van der Waals surface area contributed by atoms with Crippen molar-refractivity contribution in [2.24, 2.45) is 5.92 Å². The van der Waals surface area contributed by atoms with E-state index in [0.717, 1.165) is 12.5 Å². The minimum absolute atomic E-state index is 0.337. The largest absolute Gasteiger partial charge is 0.386 e. The Bertz CT molecular complexity index is 405. The van der Waals surface area contributed by atoms with E-state index in [0.29, 0.717) is 23.6 Å². The van der Waals surface area contributed by atoms with Crippen molar-refractivity contribution in [3.8, 4) is 0 Å². The fourth-order valence-electron chi connectivity index (χ4n) is 1.73. The number of allylic oxidation sites excluding steroid dienone is 1. The summed E-state index contributed by atoms with van der Waals surface area (Å²) >= 11 is 4.00. The summed E-state index contributed by atoms with van der Waals surface area (Å²) in [5.74, 6) is -0.739. The molecule has 0 spiro atoms. The molecular weight excluding hydrogens is 240 g/mol. The molecule has 4 heteroatoms. The Kier molecular flexibility index (Phi) is 5.48. The van der Waals surface area contributed by atoms with Gasteiger partial charge in [0.2, 0.25) is 0 Å². The minimum atomic E-state index is -0.542. The van der Waals surface area contributed by atoms with Gasteiger partial charge in [-0.15, -0.1) is 0 Å². The first kappa shape index (κ1) is 14.0. The van der Waals surface area contributed by atoms with Crippen molar-refractivity contribution in [1.29, 1.82) is 0 Å². The molecule has 94 valence electrons. The summed E-state index contributed by atoms with van der Waals surface area (Å²) in [5.41, 5.74) is 1.05. The lowest BCUT2D eigenvalue weighted by Gasteiger charge is -2.12. The summed E-state index contributed by atoms with van der Waals surface area (Å²) in [4.78, 5) is 0. The number of halogens is 2. The number of anilines is 1. The van der Waals surface area contributed by atoms with Crippen LogP contribution in [-0.4, -0.2) is 7.05 Å². The molecule has 0 amide bonds. The molecule has 1 atom stereocenters. The van der Waals surface area contributed by atoms with Crippen LogP contribution in [0.4, 0.5) is 14.5 Å². The Hall–Kier alpha value is -1.03. The number of hydrogen-bond acceptors (Lipinski definition) is 2. The lowest BCUT2D eigenvalue weighted by molar-refractivity contribution is 0.577. The molecule has 1 nitrogen and oxygen atoms in total. The number of nitrogens with one attached hydrogen (secondary N) is 1. The van der Waals surface area contributed by atoms with Gasteiger partial charge in [-0.3, -0.25) is 0 Å². The van der Waals surface area contributed by atoms with Crippen molar-refractivity contribution in [1.82, 2.24) is 0 Å². The third-order valence-electron chi connectivity index (χ3n) is 2.67. The number of aryl methyl sites for hydroxylation is 1. The topological polar surface area (TPSA) is 12.0 Å². The zero-order valence-electron chi connectivity index (χ0n) is 10.0. The van der Waals surface area contributed by atoms with Crippen molar-refractivity contribution in [2.75, 3.05) is 12.4 Å². The Morgan fingerprint density at radius 1 is 1.41 bits per heavy atom. The maximum absolute atomic E-state index is 13.5. The molecule has 1 unspecified atom stereocenters. The van der Waals surface area contributed by atoms with Crippen molar-refractivity contribution in [3.63, 3.8) is 0 Å². The third kappa shape index (κ3) is 4.04. The molecule has 1 rings (SSSR count). The van der Waals surface area contributed by atoms with E-state index in [1.807, 2.05) is 13.0 Å². The van der Waals surface area contributed by atoms with Crippen molar-refractivity contribution in [2.45, 2.75) is 19.8 Å². The maximum Gasteiger partial charge on any atom is 0.149 e. The fourth-order valence-corrected chi connectivity index (χ4v) is 2.02. The number of hydrogen-bond donors (Lipinski definition) is 2. The second-order valence-corrected chi connectivity index (χ2v) is 4.33. The molecular formula is C13H17F2NS. The summed E-state index contributed by atoms with van der Waals surface area (Å²) < 4.78 is 26.6. The second-order valence-electron chi connectivity index (χ2n) is 4.03. The van der Waals surface area contributed by atoms with E-state index in [-0.39, 0.29) is 0 Å². The molecule has 1 aromatic carbocycles. The molecule has 0 saturated carbocycles. The van der Waals surface area contributed by atoms with Crippen LogP contribution >= 0.6 is 12.6 Å². The summed E-state index contributed by atoms with van der Waals surface area (Å²) in [5, 5.41) is 4.46. The molecule has 0 aliphatic heterocycles. The van der Waals surface area contributed by atoms with Crippen LogP contribution in [0.2, 0.25) is 0 Å². The highest BCUT2D eigenvalue weighted by molar-refractivity contribution is 7.83. The smallest absolute Gasteiger partial charge is 0.149 e. The molecule has 0 heterocycles. The minimum Gasteiger partial charge on any atom is -0.386 e. The van der Waals surface area contributed by atoms with Gasteiger partial charge in [0, 0.05) is 13.1 Å². The van der Waals surface area contributed by atoms with Crippen LogP contribution in [0.5, 0.6) is 0 Å². The number of rotatable bonds is 5. The van der Waals surface area contributed by atoms with E-state index in [2.05, 4.69) is 17.9 Å². The van der Waals surface area contributed by atoms with Crippen LogP contribution in [0.3, 0.4) is 0 Å². The summed E-state index contributed by atoms with van der Waals surface area (Å²) in [6, 6.07) is 2.28. The SMILES string of the molecule is CNc1c(F)cc(F)cc1CCC(C)/C=C\S. The van der Waals surface area contributed by atoms with Crippen LogP contribution in [0.25, 0.3) is 0 Å². The van der Waals surface area contributed by atoms with Crippen LogP contribution < -0.4 is 5.32 Å². The summed E-state index contributed by atoms with van der Waals surface area (Å²) in [6.07, 6.45) is 3.41. The Morgan fingerprint density at radius 2 is 2.12 bits per heavy atom. The molecule has 0 bridgehead atoms. The van der Waals surface area contributed by atoms with Crippen molar-refractivity contribution < 1.29 is 8.78 Å². The van der Waals surface area contributed by atoms with Crippen LogP contribution in [-0.2, 0) is 6.42 Å². The predicted molar refractivity (Wildman–Crippen MR) is 71.5 cm³/mol. The van der Waals surface area contributed by atoms with Gasteiger partial charge in [-0.1, -0.05) is 13.0 Å². The molecule has 1 N–H and O–H groups in total. The average molecular weight is 257 g/mol. The van der Waals surface area contributed by atoms with E-state index < -0.39 is 11.6 Å². The highest BCUT2D eigenvalue weighted by Crippen LogP contribution is 2.24. The standard InChI is InChI=1S/C13H17F2NS/c1-9(5-6-17)3-4-10-7-11(14)8-12(15)13(10)16-2/h5-9,16-17H,3-4H2,1-2H3/b6-5-. The van der Waals surface area contributed by atoms with Gasteiger partial charge in [-0.25, -0.2) is 8.78 Å². The highest BCUT2D eigenvalue weighted by Gasteiger charge is 2.10. The fraction of sp³-hybridized carbons (Fsp3) is 0.385. The molecule has 0 aliphatic carbocycles. The second kappa shape index (κ2) is 6.64. The van der Waals surface area contributed by atoms with Crippen molar-refractivity contribution >= 4 is 18.3 Å². The first-order valence-electron chi connectivity index (χ1n) is 5.55. The van der Waals surface area contributed by atoms with Gasteiger partial charge in [0.25, 0.3) is 0 Å². The highest BCUT2D eigenvalue weighted by atomic mass is 32.1. The summed E-state index contributed by atoms with van der Waals surface area (Å²) in [6.45, 7) is 2.04. The van der Waals surface area contributed by atoms with Gasteiger partial charge in [0.1, 0.15) is 11.6 Å². The van der Waals surface area contributed by atoms with E-state index >= 15 is 0 Å². The number of benzene rings is 1. The first-order valence-corrected chi connectivity index (χ1v) is 6.06. The lowest BCUT2D eigenvalue weighted by Crippen LogP contribution is -2.02. The first-order chi connectivity index (χ1) is 8.08. The zero-order valence-corrected chi connectivity index (χ0v) is 10.9. The van der Waals surface area contributed by atoms with Gasteiger partial charge in [0.05, 0.1) is 5.69 Å². The Labute approximate surface area is 106 Å². The van der Waals surface area contributed by atoms with E-state index in [1.54, 1.807) is 12.5 Å². The zero-order chi connectivity index (χ0) is 12.8. The van der Waals surface area contributed by atoms with Gasteiger partial charge in [0.15, 0.2) is 0 Å². The molecule has 0 fully saturated rings. The van der Waals surface area contributed by atoms with Crippen LogP contribution in [0, 0.1) is 17.6 Å². The monoisotopic (exact) mass is 257 g/mol. The maximum atomic E-state index is 13.5. The number of thiol groups is 1. The lowest BCUT2D eigenvalue weighted by atomic mass is 9.99. The van der Waals surface area contributed by atoms with Gasteiger partial charge in [-0.2, -0.15) is 12.6 Å². The van der Waals surface area contributed by atoms with Crippen LogP contribution in [0.15, 0.2) is 23.6 Å². The average Bonchev–Trinajstić information content (AvgIpc) is 2.26. The Balaban J connectivity index is 2.82. The molecule has 0 radical (unpaired) electrons. The quantitative estimate of drug-likeness (QED) is 0.759. The van der Waals surface area contributed by atoms with Crippen molar-refractivity contribution in [3.05, 3.63) is 40.8 Å². The van der Waals surface area contributed by atoms with Gasteiger partial charge in [-0.05, 0) is 35.8 Å². The molecule has 0 aliphatic rings.